The number of ether oxygens (including phenoxy) is 3. The van der Waals surface area contributed by atoms with Gasteiger partial charge in [0, 0.05) is 31.2 Å². The summed E-state index contributed by atoms with van der Waals surface area (Å²) in [5.74, 6) is -0.957. The maximum Gasteiger partial charge on any atom is 0.347 e. The summed E-state index contributed by atoms with van der Waals surface area (Å²) in [7, 11) is 0. The Hall–Kier alpha value is -2.51. The maximum absolute atomic E-state index is 12.4. The van der Waals surface area contributed by atoms with Crippen LogP contribution in [0.2, 0.25) is 0 Å². The highest BCUT2D eigenvalue weighted by Crippen LogP contribution is 2.50. The van der Waals surface area contributed by atoms with Crippen LogP contribution in [0.1, 0.15) is 54.9 Å². The molecule has 2 aromatic rings. The zero-order valence-electron chi connectivity index (χ0n) is 16.8. The minimum atomic E-state index is -0.570. The van der Waals surface area contributed by atoms with E-state index < -0.39 is 5.79 Å². The molecule has 5 rings (SSSR count). The monoisotopic (exact) mass is 410 g/mol. The molecule has 158 valence electrons. The zero-order chi connectivity index (χ0) is 20.6. The number of benzene rings is 1. The molecule has 3 fully saturated rings. The van der Waals surface area contributed by atoms with Gasteiger partial charge in [-0.05, 0) is 37.5 Å². The predicted molar refractivity (Wildman–Crippen MR) is 108 cm³/mol. The van der Waals surface area contributed by atoms with Crippen molar-refractivity contribution in [1.82, 2.24) is 9.55 Å². The third-order valence-corrected chi connectivity index (χ3v) is 6.56. The van der Waals surface area contributed by atoms with Crippen LogP contribution in [0.3, 0.4) is 0 Å². The number of carbonyl (C=O) groups excluding carboxylic acids is 1. The van der Waals surface area contributed by atoms with E-state index in [1.165, 1.54) is 12.6 Å². The summed E-state index contributed by atoms with van der Waals surface area (Å²) in [5, 5.41) is 0. The molecule has 2 heterocycles. The summed E-state index contributed by atoms with van der Waals surface area (Å²) in [6.45, 7) is 0.236. The van der Waals surface area contributed by atoms with Gasteiger partial charge < -0.3 is 14.2 Å². The minimum Gasteiger partial charge on any atom is -0.462 e. The van der Waals surface area contributed by atoms with Gasteiger partial charge in [-0.25, -0.2) is 14.6 Å². The van der Waals surface area contributed by atoms with Gasteiger partial charge in [0.25, 0.3) is 0 Å². The third kappa shape index (κ3) is 3.56. The molecule has 2 aliphatic carbocycles. The van der Waals surface area contributed by atoms with Gasteiger partial charge in [-0.3, -0.25) is 4.57 Å². The molecule has 1 aliphatic heterocycles. The Morgan fingerprint density at radius 2 is 1.87 bits per heavy atom. The van der Waals surface area contributed by atoms with Gasteiger partial charge in [-0.1, -0.05) is 24.6 Å². The van der Waals surface area contributed by atoms with Gasteiger partial charge in [-0.15, -0.1) is 0 Å². The number of aromatic nitrogens is 2. The highest BCUT2D eigenvalue weighted by atomic mass is 16.8. The van der Waals surface area contributed by atoms with Crippen LogP contribution in [0.25, 0.3) is 0 Å². The highest BCUT2D eigenvalue weighted by molar-refractivity contribution is 5.89. The Bertz CT molecular complexity index is 953. The van der Waals surface area contributed by atoms with Crippen LogP contribution in [0, 0.1) is 5.92 Å². The van der Waals surface area contributed by atoms with E-state index in [1.807, 2.05) is 18.2 Å². The first-order valence-corrected chi connectivity index (χ1v) is 10.8. The molecule has 0 amide bonds. The van der Waals surface area contributed by atoms with E-state index in [1.54, 1.807) is 29.0 Å². The van der Waals surface area contributed by atoms with E-state index in [2.05, 4.69) is 4.98 Å². The van der Waals surface area contributed by atoms with Crippen LogP contribution in [-0.2, 0) is 14.2 Å². The van der Waals surface area contributed by atoms with E-state index in [-0.39, 0.29) is 42.4 Å². The summed E-state index contributed by atoms with van der Waals surface area (Å²) in [6.07, 6.45) is 8.51. The molecule has 1 spiro atoms. The normalized spacial score (nSPS) is 29.6. The molecule has 0 radical (unpaired) electrons. The fraction of sp³-hybridized carbons (Fsp3) is 0.522. The lowest BCUT2D eigenvalue weighted by molar-refractivity contribution is -0.206. The van der Waals surface area contributed by atoms with Gasteiger partial charge >= 0.3 is 11.7 Å². The van der Waals surface area contributed by atoms with Crippen LogP contribution >= 0.6 is 0 Å². The Morgan fingerprint density at radius 1 is 1.10 bits per heavy atom. The van der Waals surface area contributed by atoms with Crippen molar-refractivity contribution in [3.05, 3.63) is 64.8 Å². The molecule has 3 aliphatic rings. The van der Waals surface area contributed by atoms with Crippen molar-refractivity contribution in [3.8, 4) is 0 Å². The second-order valence-corrected chi connectivity index (χ2v) is 8.47. The molecular formula is C23H26N2O5. The summed E-state index contributed by atoms with van der Waals surface area (Å²) in [4.78, 5) is 28.7. The zero-order valence-corrected chi connectivity index (χ0v) is 16.8. The predicted octanol–water partition coefficient (Wildman–Crippen LogP) is 3.11. The van der Waals surface area contributed by atoms with Crippen molar-refractivity contribution in [1.29, 1.82) is 0 Å². The van der Waals surface area contributed by atoms with E-state index in [0.29, 0.717) is 12.0 Å². The van der Waals surface area contributed by atoms with Crippen molar-refractivity contribution in [3.63, 3.8) is 0 Å². The molecule has 0 unspecified atom stereocenters. The standard InChI is InChI=1S/C23H26N2O5/c26-21(16-8-3-1-4-9-16)28-15-17-14-18(25-13-7-12-24-22(25)27)20-19(17)29-23(30-20)10-5-2-6-11-23/h1,3-4,7-9,12-13,17-20H,2,5-6,10-11,14-15H2/t17-,18-,19-,20+/m1/s1. The van der Waals surface area contributed by atoms with Crippen molar-refractivity contribution in [2.75, 3.05) is 6.61 Å². The van der Waals surface area contributed by atoms with Crippen LogP contribution in [0.5, 0.6) is 0 Å². The molecule has 0 N–H and O–H groups in total. The van der Waals surface area contributed by atoms with Gasteiger partial charge in [-0.2, -0.15) is 0 Å². The quantitative estimate of drug-likeness (QED) is 0.721. The highest BCUT2D eigenvalue weighted by Gasteiger charge is 2.58. The first-order valence-electron chi connectivity index (χ1n) is 10.8. The lowest BCUT2D eigenvalue weighted by atomic mass is 9.94. The SMILES string of the molecule is O=C(OC[C@H]1C[C@@H](n2cccnc2=O)[C@@H]2OC3(CCCCC3)O[C@H]12)c1ccccc1. The van der Waals surface area contributed by atoms with Crippen molar-refractivity contribution >= 4 is 5.97 Å². The molecule has 1 aromatic heterocycles. The van der Waals surface area contributed by atoms with E-state index in [9.17, 15) is 9.59 Å². The number of rotatable bonds is 4. The maximum atomic E-state index is 12.4. The average molecular weight is 410 g/mol. The summed E-state index contributed by atoms with van der Waals surface area (Å²) >= 11 is 0. The summed E-state index contributed by atoms with van der Waals surface area (Å²) < 4.78 is 20.3. The molecule has 4 atom stereocenters. The van der Waals surface area contributed by atoms with Crippen LogP contribution in [0.15, 0.2) is 53.6 Å². The Kier molecular flexibility index (Phi) is 5.16. The fourth-order valence-electron chi connectivity index (χ4n) is 5.12. The number of hydrogen-bond donors (Lipinski definition) is 0. The lowest BCUT2D eigenvalue weighted by Crippen LogP contribution is -2.37. The van der Waals surface area contributed by atoms with Crippen LogP contribution in [0.4, 0.5) is 0 Å². The smallest absolute Gasteiger partial charge is 0.347 e. The lowest BCUT2D eigenvalue weighted by Gasteiger charge is -2.34. The molecule has 30 heavy (non-hydrogen) atoms. The van der Waals surface area contributed by atoms with Gasteiger partial charge in [0.1, 0.15) is 6.10 Å². The Labute approximate surface area is 175 Å². The first kappa shape index (κ1) is 19.5. The van der Waals surface area contributed by atoms with Crippen LogP contribution in [-0.4, -0.2) is 40.1 Å². The minimum absolute atomic E-state index is 0.0407. The first-order chi connectivity index (χ1) is 14.7. The van der Waals surface area contributed by atoms with Crippen molar-refractivity contribution in [2.24, 2.45) is 5.92 Å². The molecule has 7 heteroatoms. The summed E-state index contributed by atoms with van der Waals surface area (Å²) in [6, 6.07) is 10.5. The van der Waals surface area contributed by atoms with E-state index in [0.717, 1.165) is 25.7 Å². The molecule has 2 saturated carbocycles. The molecule has 1 saturated heterocycles. The fourth-order valence-corrected chi connectivity index (χ4v) is 5.12. The van der Waals surface area contributed by atoms with Gasteiger partial charge in [0.2, 0.25) is 0 Å². The number of hydrogen-bond acceptors (Lipinski definition) is 6. The number of nitrogens with zero attached hydrogens (tertiary/aromatic N) is 2. The Morgan fingerprint density at radius 3 is 2.63 bits per heavy atom. The largest absolute Gasteiger partial charge is 0.462 e. The number of fused-ring (bicyclic) bond motifs is 1. The molecule has 7 nitrogen and oxygen atoms in total. The number of esters is 1. The Balaban J connectivity index is 1.37. The summed E-state index contributed by atoms with van der Waals surface area (Å²) in [5.41, 5.74) is 0.232. The van der Waals surface area contributed by atoms with Gasteiger partial charge in [0.15, 0.2) is 5.79 Å². The number of carbonyl (C=O) groups is 1. The van der Waals surface area contributed by atoms with Crippen molar-refractivity contribution < 1.29 is 19.0 Å². The second kappa shape index (κ2) is 7.96. The van der Waals surface area contributed by atoms with E-state index >= 15 is 0 Å². The van der Waals surface area contributed by atoms with Crippen LogP contribution < -0.4 is 5.69 Å². The second-order valence-electron chi connectivity index (χ2n) is 8.47. The van der Waals surface area contributed by atoms with Gasteiger partial charge in [0.05, 0.1) is 24.3 Å². The van der Waals surface area contributed by atoms with E-state index in [4.69, 9.17) is 14.2 Å². The molecule has 1 aromatic carbocycles. The molecular weight excluding hydrogens is 384 g/mol. The van der Waals surface area contributed by atoms with Crippen molar-refractivity contribution in [2.45, 2.75) is 62.6 Å². The average Bonchev–Trinajstić information content (AvgIpc) is 3.29. The molecule has 0 bridgehead atoms. The third-order valence-electron chi connectivity index (χ3n) is 6.56. The topological polar surface area (TPSA) is 79.7 Å².